The minimum Gasteiger partial charge on any atom is -0.493 e. The number of benzene rings is 2. The predicted molar refractivity (Wildman–Crippen MR) is 101 cm³/mol. The maximum absolute atomic E-state index is 12.1. The van der Waals surface area contributed by atoms with E-state index in [2.05, 4.69) is 17.1 Å². The molecule has 134 valence electrons. The highest BCUT2D eigenvalue weighted by Gasteiger charge is 2.26. The lowest BCUT2D eigenvalue weighted by Crippen LogP contribution is -2.04. The lowest BCUT2D eigenvalue weighted by Gasteiger charge is -2.09. The summed E-state index contributed by atoms with van der Waals surface area (Å²) in [6, 6.07) is 21.1. The third-order valence-electron chi connectivity index (χ3n) is 4.05. The van der Waals surface area contributed by atoms with Crippen LogP contribution in [0.2, 0.25) is 0 Å². The molecule has 2 aromatic carbocycles. The van der Waals surface area contributed by atoms with Gasteiger partial charge in [0, 0.05) is 12.0 Å². The van der Waals surface area contributed by atoms with Crippen LogP contribution in [-0.2, 0) is 16.0 Å². The molecule has 27 heavy (non-hydrogen) atoms. The number of cyclic esters (lactones) is 1. The normalized spacial score (nSPS) is 14.9. The van der Waals surface area contributed by atoms with E-state index < -0.39 is 5.97 Å². The van der Waals surface area contributed by atoms with Crippen LogP contribution in [0.5, 0.6) is 5.75 Å². The monoisotopic (exact) mass is 359 g/mol. The second kappa shape index (κ2) is 7.74. The van der Waals surface area contributed by atoms with E-state index in [1.165, 1.54) is 11.8 Å². The summed E-state index contributed by atoms with van der Waals surface area (Å²) in [5.41, 5.74) is 2.18. The molecule has 1 aromatic heterocycles. The zero-order chi connectivity index (χ0) is 18.5. The van der Waals surface area contributed by atoms with Gasteiger partial charge in [-0.3, -0.25) is 0 Å². The average molecular weight is 359 g/mol. The molecule has 0 saturated carbocycles. The van der Waals surface area contributed by atoms with Crippen LogP contribution in [0.3, 0.4) is 0 Å². The molecule has 0 fully saturated rings. The molecule has 1 aliphatic heterocycles. The molecular weight excluding hydrogens is 342 g/mol. The second-order valence-corrected chi connectivity index (χ2v) is 5.94. The number of ether oxygens (including phenoxy) is 2. The number of carbonyl (C=O) groups is 1. The highest BCUT2D eigenvalue weighted by atomic mass is 16.6. The number of rotatable bonds is 6. The van der Waals surface area contributed by atoms with Crippen LogP contribution in [0, 0.1) is 0 Å². The van der Waals surface area contributed by atoms with Gasteiger partial charge < -0.3 is 13.9 Å². The Morgan fingerprint density at radius 3 is 2.59 bits per heavy atom. The Balaban J connectivity index is 1.51. The molecule has 0 radical (unpaired) electrons. The number of para-hydroxylation sites is 1. The first kappa shape index (κ1) is 16.8. The molecule has 0 atom stereocenters. The molecule has 2 heterocycles. The minimum atomic E-state index is -0.513. The Morgan fingerprint density at radius 1 is 0.963 bits per heavy atom. The van der Waals surface area contributed by atoms with Crippen molar-refractivity contribution in [2.75, 3.05) is 6.61 Å². The molecule has 3 aromatic rings. The molecule has 0 bridgehead atoms. The van der Waals surface area contributed by atoms with Gasteiger partial charge in [-0.05, 0) is 29.8 Å². The number of aliphatic imine (C=N–C) groups is 1. The van der Waals surface area contributed by atoms with Crippen molar-refractivity contribution in [2.24, 2.45) is 4.99 Å². The van der Waals surface area contributed by atoms with Gasteiger partial charge >= 0.3 is 5.97 Å². The fourth-order valence-electron chi connectivity index (χ4n) is 2.72. The first-order chi connectivity index (χ1) is 13.3. The van der Waals surface area contributed by atoms with Gasteiger partial charge in [0.2, 0.25) is 0 Å². The van der Waals surface area contributed by atoms with Gasteiger partial charge in [0.05, 0.1) is 12.9 Å². The summed E-state index contributed by atoms with van der Waals surface area (Å²) in [4.78, 5) is 16.3. The van der Waals surface area contributed by atoms with E-state index in [4.69, 9.17) is 13.9 Å². The fraction of sp³-hybridized carbons (Fsp3) is 0.0909. The molecule has 0 unspecified atom stereocenters. The zero-order valence-corrected chi connectivity index (χ0v) is 14.5. The summed E-state index contributed by atoms with van der Waals surface area (Å²) in [5, 5.41) is 0. The molecule has 0 spiro atoms. The van der Waals surface area contributed by atoms with Gasteiger partial charge in [-0.1, -0.05) is 48.5 Å². The van der Waals surface area contributed by atoms with Crippen LogP contribution in [0.25, 0.3) is 6.08 Å². The van der Waals surface area contributed by atoms with Crippen LogP contribution in [0.4, 0.5) is 0 Å². The van der Waals surface area contributed by atoms with Crippen molar-refractivity contribution in [3.63, 3.8) is 0 Å². The summed E-state index contributed by atoms with van der Waals surface area (Å²) >= 11 is 0. The molecule has 0 N–H and O–H groups in total. The van der Waals surface area contributed by atoms with Crippen LogP contribution in [0.1, 0.15) is 16.9 Å². The summed E-state index contributed by atoms with van der Waals surface area (Å²) in [6.07, 6.45) is 3.97. The van der Waals surface area contributed by atoms with Crippen molar-refractivity contribution in [1.82, 2.24) is 0 Å². The molecular formula is C22H17NO4. The number of hydrogen-bond donors (Lipinski definition) is 0. The number of hydrogen-bond acceptors (Lipinski definition) is 5. The minimum absolute atomic E-state index is 0.165. The van der Waals surface area contributed by atoms with Crippen molar-refractivity contribution in [3.8, 4) is 5.75 Å². The Labute approximate surface area is 156 Å². The topological polar surface area (TPSA) is 61.0 Å². The number of carbonyl (C=O) groups excluding carboxylic acids is 1. The number of furan rings is 1. The van der Waals surface area contributed by atoms with Gasteiger partial charge in [0.1, 0.15) is 5.75 Å². The maximum Gasteiger partial charge on any atom is 0.363 e. The van der Waals surface area contributed by atoms with E-state index in [1.54, 1.807) is 18.2 Å². The molecule has 4 rings (SSSR count). The largest absolute Gasteiger partial charge is 0.493 e. The third-order valence-corrected chi connectivity index (χ3v) is 4.05. The molecule has 0 amide bonds. The van der Waals surface area contributed by atoms with Gasteiger partial charge in [-0.15, -0.1) is 0 Å². The molecule has 1 aliphatic rings. The van der Waals surface area contributed by atoms with Crippen molar-refractivity contribution >= 4 is 17.9 Å². The smallest absolute Gasteiger partial charge is 0.363 e. The molecule has 5 heteroatoms. The van der Waals surface area contributed by atoms with E-state index in [0.717, 1.165) is 12.0 Å². The summed E-state index contributed by atoms with van der Waals surface area (Å²) in [7, 11) is 0. The van der Waals surface area contributed by atoms with Gasteiger partial charge in [-0.2, -0.15) is 0 Å². The Kier molecular flexibility index (Phi) is 4.83. The number of esters is 1. The molecule has 0 aliphatic carbocycles. The summed E-state index contributed by atoms with van der Waals surface area (Å²) in [5.74, 6) is 0.758. The van der Waals surface area contributed by atoms with Crippen molar-refractivity contribution < 1.29 is 18.7 Å². The van der Waals surface area contributed by atoms with Crippen LogP contribution in [0.15, 0.2) is 88.1 Å². The quantitative estimate of drug-likeness (QED) is 0.488. The van der Waals surface area contributed by atoms with Crippen LogP contribution in [-0.4, -0.2) is 18.5 Å². The molecule has 0 saturated heterocycles. The van der Waals surface area contributed by atoms with E-state index >= 15 is 0 Å². The molecule has 5 nitrogen and oxygen atoms in total. The van der Waals surface area contributed by atoms with Crippen molar-refractivity contribution in [1.29, 1.82) is 0 Å². The Morgan fingerprint density at radius 2 is 1.78 bits per heavy atom. The lowest BCUT2D eigenvalue weighted by atomic mass is 10.1. The highest BCUT2D eigenvalue weighted by molar-refractivity contribution is 6.11. The Bertz CT molecular complexity index is 988. The van der Waals surface area contributed by atoms with Gasteiger partial charge in [0.25, 0.3) is 5.90 Å². The van der Waals surface area contributed by atoms with E-state index in [-0.39, 0.29) is 11.6 Å². The maximum atomic E-state index is 12.1. The van der Waals surface area contributed by atoms with Crippen LogP contribution < -0.4 is 4.74 Å². The van der Waals surface area contributed by atoms with E-state index in [1.807, 2.05) is 42.5 Å². The standard InChI is InChI=1S/C22H17NO4/c24-22-18(23-21(27-22)20-11-6-13-25-20)15-17-9-4-5-10-19(17)26-14-12-16-7-2-1-3-8-16/h1-11,13,15H,12,14H2/b18-15-. The fourth-order valence-corrected chi connectivity index (χ4v) is 2.72. The van der Waals surface area contributed by atoms with Crippen molar-refractivity contribution in [3.05, 3.63) is 95.6 Å². The zero-order valence-electron chi connectivity index (χ0n) is 14.5. The Hall–Kier alpha value is -3.60. The average Bonchev–Trinajstić information content (AvgIpc) is 3.34. The first-order valence-corrected chi connectivity index (χ1v) is 8.62. The lowest BCUT2D eigenvalue weighted by molar-refractivity contribution is -0.130. The van der Waals surface area contributed by atoms with Gasteiger partial charge in [0.15, 0.2) is 11.5 Å². The van der Waals surface area contributed by atoms with Crippen LogP contribution >= 0.6 is 0 Å². The predicted octanol–water partition coefficient (Wildman–Crippen LogP) is 4.25. The van der Waals surface area contributed by atoms with E-state index in [9.17, 15) is 4.79 Å². The summed E-state index contributed by atoms with van der Waals surface area (Å²) in [6.45, 7) is 0.537. The number of nitrogens with zero attached hydrogens (tertiary/aromatic N) is 1. The second-order valence-electron chi connectivity index (χ2n) is 5.94. The third kappa shape index (κ3) is 3.98. The SMILES string of the molecule is O=C1OC(c2ccco2)=N/C1=C\c1ccccc1OCCc1ccccc1. The summed E-state index contributed by atoms with van der Waals surface area (Å²) < 4.78 is 16.3. The van der Waals surface area contributed by atoms with E-state index in [0.29, 0.717) is 18.1 Å². The van der Waals surface area contributed by atoms with Gasteiger partial charge in [-0.25, -0.2) is 9.79 Å². The highest BCUT2D eigenvalue weighted by Crippen LogP contribution is 2.25. The first-order valence-electron chi connectivity index (χ1n) is 8.62. The van der Waals surface area contributed by atoms with Crippen molar-refractivity contribution in [2.45, 2.75) is 6.42 Å².